The van der Waals surface area contributed by atoms with Crippen LogP contribution in [0.15, 0.2) is 66.7 Å². The lowest BCUT2D eigenvalue weighted by Gasteiger charge is -2.18. The maximum atomic E-state index is 12.6. The lowest BCUT2D eigenvalue weighted by atomic mass is 10.0. The van der Waals surface area contributed by atoms with E-state index in [1.165, 1.54) is 0 Å². The molecule has 22 heavy (non-hydrogen) atoms. The van der Waals surface area contributed by atoms with Crippen molar-refractivity contribution in [3.63, 3.8) is 0 Å². The van der Waals surface area contributed by atoms with Gasteiger partial charge in [-0.15, -0.1) is 0 Å². The van der Waals surface area contributed by atoms with E-state index >= 15 is 0 Å². The van der Waals surface area contributed by atoms with Crippen LogP contribution in [-0.2, 0) is 0 Å². The Labute approximate surface area is 129 Å². The van der Waals surface area contributed by atoms with Gasteiger partial charge in [-0.2, -0.15) is 0 Å². The first kappa shape index (κ1) is 12.9. The number of aryl methyl sites for hydroxylation is 1. The summed E-state index contributed by atoms with van der Waals surface area (Å²) in [5.74, 6) is -0.0347. The summed E-state index contributed by atoms with van der Waals surface area (Å²) in [5, 5.41) is 3.16. The summed E-state index contributed by atoms with van der Waals surface area (Å²) in [6.07, 6.45) is 0. The number of rotatable bonds is 1. The van der Waals surface area contributed by atoms with Crippen molar-refractivity contribution >= 4 is 5.91 Å². The van der Waals surface area contributed by atoms with E-state index in [2.05, 4.69) is 28.9 Å². The molecule has 3 heteroatoms. The smallest absolute Gasteiger partial charge is 0.254 e. The van der Waals surface area contributed by atoms with Gasteiger partial charge in [0.05, 0.1) is 17.3 Å². The monoisotopic (exact) mass is 288 g/mol. The highest BCUT2D eigenvalue weighted by molar-refractivity contribution is 5.99. The van der Waals surface area contributed by atoms with Crippen LogP contribution in [0.1, 0.15) is 33.4 Å². The van der Waals surface area contributed by atoms with Crippen molar-refractivity contribution in [2.75, 3.05) is 0 Å². The number of carbonyl (C=O) groups excluding carboxylic acids is 1. The van der Waals surface area contributed by atoms with Crippen LogP contribution in [0.5, 0.6) is 0 Å². The van der Waals surface area contributed by atoms with Gasteiger partial charge in [0, 0.05) is 11.4 Å². The zero-order valence-corrected chi connectivity index (χ0v) is 12.3. The third-order valence-corrected chi connectivity index (χ3v) is 4.20. The van der Waals surface area contributed by atoms with E-state index in [4.69, 9.17) is 0 Å². The number of benzene rings is 2. The fraction of sp³-hybridized carbons (Fsp3) is 0.105. The minimum atomic E-state index is -0.144. The van der Waals surface area contributed by atoms with E-state index in [0.717, 1.165) is 22.6 Å². The van der Waals surface area contributed by atoms with E-state index in [9.17, 15) is 4.79 Å². The standard InChI is InChI=1S/C19H16N2O/c1-13-11-12-17-18(14-7-3-2-4-8-14)20-19(22)15-9-5-6-10-16(15)21(13)17/h2-12,18H,1H3,(H,20,22). The van der Waals surface area contributed by atoms with Crippen molar-refractivity contribution in [3.05, 3.63) is 89.2 Å². The SMILES string of the molecule is Cc1ccc2n1-c1ccccc1C(=O)NC2c1ccccc1. The van der Waals surface area contributed by atoms with Crippen LogP contribution in [0.2, 0.25) is 0 Å². The van der Waals surface area contributed by atoms with E-state index in [0.29, 0.717) is 5.56 Å². The largest absolute Gasteiger partial charge is 0.340 e. The molecule has 0 bridgehead atoms. The van der Waals surface area contributed by atoms with Crippen molar-refractivity contribution in [3.8, 4) is 5.69 Å². The van der Waals surface area contributed by atoms with Gasteiger partial charge in [-0.05, 0) is 36.8 Å². The normalized spacial score (nSPS) is 16.4. The quantitative estimate of drug-likeness (QED) is 0.729. The van der Waals surface area contributed by atoms with Crippen LogP contribution < -0.4 is 5.32 Å². The van der Waals surface area contributed by atoms with Crippen molar-refractivity contribution in [1.82, 2.24) is 9.88 Å². The zero-order valence-electron chi connectivity index (χ0n) is 12.3. The lowest BCUT2D eigenvalue weighted by molar-refractivity contribution is 0.0945. The van der Waals surface area contributed by atoms with Gasteiger partial charge in [0.2, 0.25) is 0 Å². The summed E-state index contributed by atoms with van der Waals surface area (Å²) in [6.45, 7) is 2.07. The summed E-state index contributed by atoms with van der Waals surface area (Å²) in [7, 11) is 0. The Kier molecular flexibility index (Phi) is 2.86. The molecule has 1 amide bonds. The first-order valence-corrected chi connectivity index (χ1v) is 7.39. The Morgan fingerprint density at radius 1 is 0.909 bits per heavy atom. The van der Waals surface area contributed by atoms with Crippen LogP contribution in [0.3, 0.4) is 0 Å². The molecule has 3 aromatic rings. The minimum Gasteiger partial charge on any atom is -0.340 e. The van der Waals surface area contributed by atoms with Gasteiger partial charge in [-0.3, -0.25) is 4.79 Å². The molecule has 1 aliphatic heterocycles. The topological polar surface area (TPSA) is 34.0 Å². The average molecular weight is 288 g/mol. The molecule has 1 aliphatic rings. The van der Waals surface area contributed by atoms with Crippen molar-refractivity contribution in [2.45, 2.75) is 13.0 Å². The second-order valence-corrected chi connectivity index (χ2v) is 5.57. The third kappa shape index (κ3) is 1.86. The summed E-state index contributed by atoms with van der Waals surface area (Å²) in [4.78, 5) is 12.6. The molecule has 0 spiro atoms. The molecule has 2 aromatic carbocycles. The van der Waals surface area contributed by atoms with Gasteiger partial charge >= 0.3 is 0 Å². The van der Waals surface area contributed by atoms with E-state index in [1.54, 1.807) is 0 Å². The second-order valence-electron chi connectivity index (χ2n) is 5.57. The number of fused-ring (bicyclic) bond motifs is 3. The Morgan fingerprint density at radius 3 is 2.45 bits per heavy atom. The fourth-order valence-corrected chi connectivity index (χ4v) is 3.16. The molecular weight excluding hydrogens is 272 g/mol. The van der Waals surface area contributed by atoms with E-state index in [-0.39, 0.29) is 11.9 Å². The van der Waals surface area contributed by atoms with Gasteiger partial charge in [0.15, 0.2) is 0 Å². The fourth-order valence-electron chi connectivity index (χ4n) is 3.16. The maximum Gasteiger partial charge on any atom is 0.254 e. The maximum absolute atomic E-state index is 12.6. The summed E-state index contributed by atoms with van der Waals surface area (Å²) in [5.41, 5.74) is 4.95. The number of carbonyl (C=O) groups is 1. The first-order chi connectivity index (χ1) is 10.8. The number of aromatic nitrogens is 1. The van der Waals surface area contributed by atoms with Crippen LogP contribution in [-0.4, -0.2) is 10.5 Å². The summed E-state index contributed by atoms with van der Waals surface area (Å²) < 4.78 is 2.17. The molecule has 1 aromatic heterocycles. The molecule has 0 saturated carbocycles. The number of nitrogens with one attached hydrogen (secondary N) is 1. The molecule has 3 nitrogen and oxygen atoms in total. The van der Waals surface area contributed by atoms with Gasteiger partial charge in [-0.1, -0.05) is 42.5 Å². The molecule has 2 heterocycles. The van der Waals surface area contributed by atoms with Gasteiger partial charge in [0.25, 0.3) is 5.91 Å². The average Bonchev–Trinajstić information content (AvgIpc) is 2.88. The number of hydrogen-bond acceptors (Lipinski definition) is 1. The van der Waals surface area contributed by atoms with Gasteiger partial charge < -0.3 is 9.88 Å². The highest BCUT2D eigenvalue weighted by atomic mass is 16.1. The van der Waals surface area contributed by atoms with Crippen molar-refractivity contribution in [2.24, 2.45) is 0 Å². The Bertz CT molecular complexity index is 849. The Balaban J connectivity index is 1.98. The van der Waals surface area contributed by atoms with Crippen molar-refractivity contribution < 1.29 is 4.79 Å². The molecule has 1 atom stereocenters. The minimum absolute atomic E-state index is 0.0347. The molecule has 0 aliphatic carbocycles. The number of hydrogen-bond donors (Lipinski definition) is 1. The van der Waals surface area contributed by atoms with E-state index < -0.39 is 0 Å². The molecular formula is C19H16N2O. The lowest BCUT2D eigenvalue weighted by Crippen LogP contribution is -2.28. The Hall–Kier alpha value is -2.81. The van der Waals surface area contributed by atoms with Gasteiger partial charge in [0.1, 0.15) is 0 Å². The predicted octanol–water partition coefficient (Wildman–Crippen LogP) is 3.62. The molecule has 0 fully saturated rings. The number of amides is 1. The Morgan fingerprint density at radius 2 is 1.64 bits per heavy atom. The molecule has 1 N–H and O–H groups in total. The van der Waals surface area contributed by atoms with Crippen LogP contribution >= 0.6 is 0 Å². The number of para-hydroxylation sites is 1. The van der Waals surface area contributed by atoms with Crippen LogP contribution in [0.25, 0.3) is 5.69 Å². The highest BCUT2D eigenvalue weighted by Crippen LogP contribution is 2.31. The van der Waals surface area contributed by atoms with Crippen LogP contribution in [0.4, 0.5) is 0 Å². The third-order valence-electron chi connectivity index (χ3n) is 4.20. The predicted molar refractivity (Wildman–Crippen MR) is 86.3 cm³/mol. The van der Waals surface area contributed by atoms with Crippen molar-refractivity contribution in [1.29, 1.82) is 0 Å². The van der Waals surface area contributed by atoms with Gasteiger partial charge in [-0.25, -0.2) is 0 Å². The van der Waals surface area contributed by atoms with E-state index in [1.807, 2.05) is 54.6 Å². The molecule has 4 rings (SSSR count). The molecule has 108 valence electrons. The molecule has 0 radical (unpaired) electrons. The number of nitrogens with zero attached hydrogens (tertiary/aromatic N) is 1. The second kappa shape index (κ2) is 4.88. The summed E-state index contributed by atoms with van der Waals surface area (Å²) >= 11 is 0. The van der Waals surface area contributed by atoms with Crippen LogP contribution in [0, 0.1) is 6.92 Å². The molecule has 1 unspecified atom stereocenters. The highest BCUT2D eigenvalue weighted by Gasteiger charge is 2.27. The summed E-state index contributed by atoms with van der Waals surface area (Å²) in [6, 6.07) is 21.9. The molecule has 0 saturated heterocycles. The zero-order chi connectivity index (χ0) is 15.1. The first-order valence-electron chi connectivity index (χ1n) is 7.39.